The maximum Gasteiger partial charge on any atom is 0.146 e. The fraction of sp³-hybridized carbons (Fsp3) is 0.435. The summed E-state index contributed by atoms with van der Waals surface area (Å²) in [5, 5.41) is 0. The van der Waals surface area contributed by atoms with Crippen LogP contribution in [0.15, 0.2) is 42.6 Å². The predicted molar refractivity (Wildman–Crippen MR) is 117 cm³/mol. The third-order valence-electron chi connectivity index (χ3n) is 5.59. The average molecular weight is 383 g/mol. The van der Waals surface area contributed by atoms with Crippen molar-refractivity contribution in [1.82, 2.24) is 4.98 Å². The molecule has 0 spiro atoms. The molecule has 144 valence electrons. The highest BCUT2D eigenvalue weighted by atomic mass is 28.3. The van der Waals surface area contributed by atoms with E-state index in [4.69, 9.17) is 0 Å². The molecule has 0 aliphatic rings. The van der Waals surface area contributed by atoms with Gasteiger partial charge in [-0.15, -0.1) is 5.54 Å². The highest BCUT2D eigenvalue weighted by molar-refractivity contribution is 6.90. The van der Waals surface area contributed by atoms with Crippen LogP contribution >= 0.6 is 0 Å². The van der Waals surface area contributed by atoms with Crippen molar-refractivity contribution < 1.29 is 4.39 Å². The molecule has 0 atom stereocenters. The first-order chi connectivity index (χ1) is 12.7. The van der Waals surface area contributed by atoms with Crippen LogP contribution in [0, 0.1) is 17.3 Å². The Bertz CT molecular complexity index is 797. The molecule has 1 aromatic carbocycles. The summed E-state index contributed by atoms with van der Waals surface area (Å²) in [7, 11) is 0.0608. The zero-order valence-electron chi connectivity index (χ0n) is 17.5. The van der Waals surface area contributed by atoms with Crippen LogP contribution in [0.1, 0.15) is 47.1 Å². The molecule has 0 aliphatic heterocycles. The minimum Gasteiger partial charge on any atom is -0.328 e. The first kappa shape index (κ1) is 21.2. The molecule has 0 aliphatic carbocycles. The lowest BCUT2D eigenvalue weighted by Crippen LogP contribution is -2.43. The van der Waals surface area contributed by atoms with Gasteiger partial charge in [-0.1, -0.05) is 53.5 Å². The Morgan fingerprint density at radius 1 is 0.963 bits per heavy atom. The second-order valence-electron chi connectivity index (χ2n) is 8.06. The highest BCUT2D eigenvalue weighted by Crippen LogP contribution is 2.41. The van der Waals surface area contributed by atoms with Gasteiger partial charge >= 0.3 is 0 Å². The number of anilines is 2. The van der Waals surface area contributed by atoms with Crippen LogP contribution < -0.4 is 4.90 Å². The van der Waals surface area contributed by atoms with E-state index in [1.807, 2.05) is 30.1 Å². The highest BCUT2D eigenvalue weighted by Gasteiger charge is 2.41. The fourth-order valence-electron chi connectivity index (χ4n) is 4.19. The van der Waals surface area contributed by atoms with E-state index in [2.05, 4.69) is 58.0 Å². The molecule has 0 N–H and O–H groups in total. The van der Waals surface area contributed by atoms with Gasteiger partial charge in [-0.05, 0) is 47.0 Å². The summed E-state index contributed by atoms with van der Waals surface area (Å²) in [6.07, 6.45) is 1.76. The SMILES string of the molecule is CC(C)[Si](C#Cc1cc(F)ccc1N(C)c1ccccn1)(C(C)C)C(C)C. The monoisotopic (exact) mass is 382 g/mol. The third-order valence-corrected chi connectivity index (χ3v) is 11.9. The topological polar surface area (TPSA) is 16.1 Å². The zero-order chi connectivity index (χ0) is 20.2. The summed E-state index contributed by atoms with van der Waals surface area (Å²) in [4.78, 5) is 6.37. The second-order valence-corrected chi connectivity index (χ2v) is 13.6. The van der Waals surface area contributed by atoms with Crippen LogP contribution in [0.5, 0.6) is 0 Å². The molecule has 0 bridgehead atoms. The molecule has 2 rings (SSSR count). The van der Waals surface area contributed by atoms with Crippen molar-refractivity contribution in [3.05, 3.63) is 54.0 Å². The van der Waals surface area contributed by atoms with Crippen molar-refractivity contribution >= 4 is 19.6 Å². The van der Waals surface area contributed by atoms with Crippen molar-refractivity contribution in [3.63, 3.8) is 0 Å². The molecule has 27 heavy (non-hydrogen) atoms. The Morgan fingerprint density at radius 3 is 2.11 bits per heavy atom. The van der Waals surface area contributed by atoms with Crippen LogP contribution in [0.2, 0.25) is 16.6 Å². The normalized spacial score (nSPS) is 11.7. The van der Waals surface area contributed by atoms with E-state index >= 15 is 0 Å². The van der Waals surface area contributed by atoms with Gasteiger partial charge in [0.1, 0.15) is 19.7 Å². The number of aromatic nitrogens is 1. The number of rotatable bonds is 5. The van der Waals surface area contributed by atoms with Gasteiger partial charge in [0.2, 0.25) is 0 Å². The van der Waals surface area contributed by atoms with Crippen LogP contribution in [0.4, 0.5) is 15.9 Å². The van der Waals surface area contributed by atoms with Crippen LogP contribution in [-0.2, 0) is 0 Å². The molecule has 0 unspecified atom stereocenters. The molecule has 0 saturated carbocycles. The number of hydrogen-bond donors (Lipinski definition) is 0. The molecule has 1 aromatic heterocycles. The maximum atomic E-state index is 14.0. The van der Waals surface area contributed by atoms with Gasteiger partial charge in [0.25, 0.3) is 0 Å². The van der Waals surface area contributed by atoms with Crippen molar-refractivity contribution in [1.29, 1.82) is 0 Å². The Labute approximate surface area is 164 Å². The molecule has 0 fully saturated rings. The van der Waals surface area contributed by atoms with Crippen molar-refractivity contribution in [2.24, 2.45) is 0 Å². The second kappa shape index (κ2) is 8.71. The summed E-state index contributed by atoms with van der Waals surface area (Å²) in [5.41, 5.74) is 6.91. The molecule has 4 heteroatoms. The van der Waals surface area contributed by atoms with E-state index in [0.29, 0.717) is 16.6 Å². The van der Waals surface area contributed by atoms with E-state index in [0.717, 1.165) is 17.1 Å². The quantitative estimate of drug-likeness (QED) is 0.430. The van der Waals surface area contributed by atoms with Crippen LogP contribution in [0.3, 0.4) is 0 Å². The van der Waals surface area contributed by atoms with Gasteiger partial charge in [-0.3, -0.25) is 0 Å². The Morgan fingerprint density at radius 2 is 1.59 bits per heavy atom. The summed E-state index contributed by atoms with van der Waals surface area (Å²) < 4.78 is 14.0. The van der Waals surface area contributed by atoms with Gasteiger partial charge in [0.05, 0.1) is 11.3 Å². The lowest BCUT2D eigenvalue weighted by atomic mass is 10.1. The molecular weight excluding hydrogens is 351 g/mol. The largest absolute Gasteiger partial charge is 0.328 e. The van der Waals surface area contributed by atoms with Gasteiger partial charge in [0, 0.05) is 13.2 Å². The maximum absolute atomic E-state index is 14.0. The van der Waals surface area contributed by atoms with Gasteiger partial charge in [0.15, 0.2) is 0 Å². The lowest BCUT2D eigenvalue weighted by molar-refractivity contribution is 0.627. The zero-order valence-corrected chi connectivity index (χ0v) is 18.5. The standard InChI is InChI=1S/C23H31FN2Si/c1-17(2)27(18(3)4,19(5)6)15-13-20-16-21(24)11-12-22(20)26(7)23-10-8-9-14-25-23/h8-12,14,16-19H,1-7H3. The first-order valence-corrected chi connectivity index (χ1v) is 11.9. The van der Waals surface area contributed by atoms with Crippen molar-refractivity contribution in [3.8, 4) is 11.5 Å². The number of halogens is 1. The molecule has 2 nitrogen and oxygen atoms in total. The van der Waals surface area contributed by atoms with Gasteiger partial charge in [-0.25, -0.2) is 9.37 Å². The van der Waals surface area contributed by atoms with E-state index in [9.17, 15) is 4.39 Å². The molecule has 0 saturated heterocycles. The molecule has 0 radical (unpaired) electrons. The van der Waals surface area contributed by atoms with Gasteiger partial charge < -0.3 is 4.90 Å². The number of pyridine rings is 1. The van der Waals surface area contributed by atoms with Crippen LogP contribution in [0.25, 0.3) is 0 Å². The number of benzene rings is 1. The molecule has 1 heterocycles. The Kier molecular flexibility index (Phi) is 6.83. The summed E-state index contributed by atoms with van der Waals surface area (Å²) in [6.45, 7) is 13.7. The van der Waals surface area contributed by atoms with Crippen molar-refractivity contribution in [2.75, 3.05) is 11.9 Å². The van der Waals surface area contributed by atoms with E-state index in [1.54, 1.807) is 18.3 Å². The van der Waals surface area contributed by atoms with Gasteiger partial charge in [-0.2, -0.15) is 0 Å². The summed E-state index contributed by atoms with van der Waals surface area (Å²) >= 11 is 0. The Balaban J connectivity index is 2.57. The van der Waals surface area contributed by atoms with Crippen molar-refractivity contribution in [2.45, 2.75) is 58.2 Å². The lowest BCUT2D eigenvalue weighted by Gasteiger charge is -2.38. The minimum absolute atomic E-state index is 0.261. The molecular formula is C23H31FN2Si. The molecule has 0 amide bonds. The van der Waals surface area contributed by atoms with E-state index in [-0.39, 0.29) is 5.82 Å². The predicted octanol–water partition coefficient (Wildman–Crippen LogP) is 6.56. The Hall–Kier alpha value is -2.12. The number of hydrogen-bond acceptors (Lipinski definition) is 2. The summed E-state index contributed by atoms with van der Waals surface area (Å²) in [5.74, 6) is 3.94. The minimum atomic E-state index is -1.88. The summed E-state index contributed by atoms with van der Waals surface area (Å²) in [6, 6.07) is 10.6. The third kappa shape index (κ3) is 4.41. The van der Waals surface area contributed by atoms with Crippen LogP contribution in [-0.4, -0.2) is 20.1 Å². The first-order valence-electron chi connectivity index (χ1n) is 9.67. The average Bonchev–Trinajstić information content (AvgIpc) is 2.61. The smallest absolute Gasteiger partial charge is 0.146 e. The number of nitrogens with zero attached hydrogens (tertiary/aromatic N) is 2. The van der Waals surface area contributed by atoms with E-state index < -0.39 is 8.07 Å². The molecule has 2 aromatic rings. The fourth-order valence-corrected chi connectivity index (χ4v) is 9.40. The van der Waals surface area contributed by atoms with E-state index in [1.165, 1.54) is 6.07 Å².